The minimum atomic E-state index is -0.259. The maximum Gasteiger partial charge on any atom is 0.279 e. The first-order valence-electron chi connectivity index (χ1n) is 7.21. The van der Waals surface area contributed by atoms with Crippen molar-refractivity contribution in [1.82, 2.24) is 9.97 Å². The van der Waals surface area contributed by atoms with Gasteiger partial charge < -0.3 is 15.6 Å². The lowest BCUT2D eigenvalue weighted by Crippen LogP contribution is -2.24. The molecule has 0 saturated carbocycles. The quantitative estimate of drug-likeness (QED) is 0.592. The molecule has 1 unspecified atom stereocenters. The lowest BCUT2D eigenvalue weighted by atomic mass is 9.80. The number of rotatable bonds is 3. The molecule has 0 bridgehead atoms. The van der Waals surface area contributed by atoms with Gasteiger partial charge in [0.25, 0.3) is 6.02 Å². The van der Waals surface area contributed by atoms with Gasteiger partial charge in [-0.2, -0.15) is 0 Å². The van der Waals surface area contributed by atoms with E-state index < -0.39 is 0 Å². The van der Waals surface area contributed by atoms with Crippen LogP contribution in [0.15, 0.2) is 30.9 Å². The van der Waals surface area contributed by atoms with Crippen LogP contribution < -0.4 is 5.73 Å². The van der Waals surface area contributed by atoms with E-state index in [1.807, 2.05) is 6.07 Å². The van der Waals surface area contributed by atoms with Gasteiger partial charge in [-0.3, -0.25) is 5.41 Å². The molecule has 22 heavy (non-hydrogen) atoms. The summed E-state index contributed by atoms with van der Waals surface area (Å²) in [7, 11) is 0. The van der Waals surface area contributed by atoms with Crippen LogP contribution in [0.25, 0.3) is 11.1 Å². The van der Waals surface area contributed by atoms with Crippen molar-refractivity contribution < 1.29 is 9.84 Å². The molecule has 2 aromatic rings. The Balaban J connectivity index is 1.90. The molecule has 1 aliphatic carbocycles. The third kappa shape index (κ3) is 2.86. The van der Waals surface area contributed by atoms with E-state index in [4.69, 9.17) is 15.9 Å². The number of hydrogen-bond acceptors (Lipinski definition) is 5. The van der Waals surface area contributed by atoms with Crippen molar-refractivity contribution in [2.75, 3.05) is 6.61 Å². The van der Waals surface area contributed by atoms with Gasteiger partial charge in [0.1, 0.15) is 12.1 Å². The zero-order valence-corrected chi connectivity index (χ0v) is 12.1. The maximum absolute atomic E-state index is 10.2. The third-order valence-corrected chi connectivity index (χ3v) is 4.05. The fraction of sp³-hybridized carbons (Fsp3) is 0.312. The molecule has 0 fully saturated rings. The van der Waals surface area contributed by atoms with E-state index in [1.54, 1.807) is 18.5 Å². The van der Waals surface area contributed by atoms with E-state index in [-0.39, 0.29) is 11.9 Å². The topological polar surface area (TPSA) is 105 Å². The number of fused-ring (bicyclic) bond motifs is 1. The minimum Gasteiger partial charge on any atom is -0.508 e. The molecule has 0 saturated heterocycles. The Labute approximate surface area is 128 Å². The van der Waals surface area contributed by atoms with Gasteiger partial charge in [0.2, 0.25) is 0 Å². The molecule has 0 radical (unpaired) electrons. The van der Waals surface area contributed by atoms with Crippen LogP contribution in [0.2, 0.25) is 0 Å². The Kier molecular flexibility index (Phi) is 3.91. The summed E-state index contributed by atoms with van der Waals surface area (Å²) < 4.78 is 5.11. The Morgan fingerprint density at radius 2 is 2.09 bits per heavy atom. The summed E-state index contributed by atoms with van der Waals surface area (Å²) in [6, 6.07) is 3.37. The summed E-state index contributed by atoms with van der Waals surface area (Å²) in [4.78, 5) is 8.13. The second-order valence-electron chi connectivity index (χ2n) is 5.50. The number of nitrogens with one attached hydrogen (secondary N) is 1. The minimum absolute atomic E-state index is 0.254. The fourth-order valence-corrected chi connectivity index (χ4v) is 2.99. The van der Waals surface area contributed by atoms with E-state index in [0.717, 1.165) is 41.5 Å². The summed E-state index contributed by atoms with van der Waals surface area (Å²) in [5.74, 6) is 0.563. The summed E-state index contributed by atoms with van der Waals surface area (Å²) in [6.07, 6.45) is 7.57. The summed E-state index contributed by atoms with van der Waals surface area (Å²) >= 11 is 0. The zero-order valence-electron chi connectivity index (χ0n) is 12.1. The normalized spacial score (nSPS) is 16.8. The SMILES string of the molecule is N=C(N)OCC1CCc2c(-c3cncnc3)ccc(O)c2C1. The van der Waals surface area contributed by atoms with Gasteiger partial charge in [0.05, 0.1) is 6.61 Å². The monoisotopic (exact) mass is 298 g/mol. The van der Waals surface area contributed by atoms with Crippen LogP contribution >= 0.6 is 0 Å². The smallest absolute Gasteiger partial charge is 0.279 e. The molecule has 6 heteroatoms. The van der Waals surface area contributed by atoms with E-state index in [1.165, 1.54) is 6.33 Å². The highest BCUT2D eigenvalue weighted by molar-refractivity contribution is 5.70. The number of hydrogen-bond donors (Lipinski definition) is 3. The molecule has 3 rings (SSSR count). The van der Waals surface area contributed by atoms with Crippen LogP contribution in [0.3, 0.4) is 0 Å². The molecule has 6 nitrogen and oxygen atoms in total. The average molecular weight is 298 g/mol. The molecule has 1 atom stereocenters. The van der Waals surface area contributed by atoms with Crippen molar-refractivity contribution in [3.63, 3.8) is 0 Å². The Hall–Kier alpha value is -2.63. The van der Waals surface area contributed by atoms with Crippen molar-refractivity contribution in [2.45, 2.75) is 19.3 Å². The van der Waals surface area contributed by atoms with Crippen molar-refractivity contribution in [3.05, 3.63) is 42.0 Å². The van der Waals surface area contributed by atoms with Crippen LogP contribution in [-0.2, 0) is 17.6 Å². The predicted octanol–water partition coefficient (Wildman–Crippen LogP) is 1.86. The number of ether oxygens (including phenoxy) is 1. The van der Waals surface area contributed by atoms with Gasteiger partial charge in [0, 0.05) is 18.0 Å². The van der Waals surface area contributed by atoms with Crippen molar-refractivity contribution >= 4 is 6.02 Å². The largest absolute Gasteiger partial charge is 0.508 e. The molecule has 1 heterocycles. The maximum atomic E-state index is 10.2. The average Bonchev–Trinajstić information content (AvgIpc) is 2.54. The van der Waals surface area contributed by atoms with Crippen LogP contribution in [0.5, 0.6) is 5.75 Å². The number of aromatic hydroxyl groups is 1. The first-order chi connectivity index (χ1) is 10.6. The molecule has 0 aliphatic heterocycles. The van der Waals surface area contributed by atoms with Gasteiger partial charge in [-0.25, -0.2) is 9.97 Å². The zero-order chi connectivity index (χ0) is 15.5. The molecular weight excluding hydrogens is 280 g/mol. The number of phenolic OH excluding ortho intramolecular Hbond substituents is 1. The highest BCUT2D eigenvalue weighted by Crippen LogP contribution is 2.37. The predicted molar refractivity (Wildman–Crippen MR) is 82.5 cm³/mol. The first-order valence-corrected chi connectivity index (χ1v) is 7.21. The van der Waals surface area contributed by atoms with Crippen LogP contribution in [0.1, 0.15) is 17.5 Å². The Morgan fingerprint density at radius 1 is 1.32 bits per heavy atom. The van der Waals surface area contributed by atoms with E-state index >= 15 is 0 Å². The van der Waals surface area contributed by atoms with Crippen molar-refractivity contribution in [1.29, 1.82) is 5.41 Å². The number of nitrogens with zero attached hydrogens (tertiary/aromatic N) is 2. The van der Waals surface area contributed by atoms with Gasteiger partial charge in [0.15, 0.2) is 0 Å². The van der Waals surface area contributed by atoms with Crippen LogP contribution in [-0.4, -0.2) is 27.7 Å². The number of amidine groups is 1. The standard InChI is InChI=1S/C16H18N4O2/c17-16(18)22-8-10-1-2-13-12(11-6-19-9-20-7-11)3-4-15(21)14(13)5-10/h3-4,6-7,9-10,21H,1-2,5,8H2,(H3,17,18). The highest BCUT2D eigenvalue weighted by Gasteiger charge is 2.24. The lowest BCUT2D eigenvalue weighted by molar-refractivity contribution is 0.217. The van der Waals surface area contributed by atoms with Crippen LogP contribution in [0.4, 0.5) is 0 Å². The molecular formula is C16H18N4O2. The van der Waals surface area contributed by atoms with Crippen LogP contribution in [0, 0.1) is 11.3 Å². The lowest BCUT2D eigenvalue weighted by Gasteiger charge is -2.27. The second-order valence-corrected chi connectivity index (χ2v) is 5.50. The van der Waals surface area contributed by atoms with E-state index in [0.29, 0.717) is 12.4 Å². The number of aromatic nitrogens is 2. The van der Waals surface area contributed by atoms with E-state index in [2.05, 4.69) is 9.97 Å². The van der Waals surface area contributed by atoms with Gasteiger partial charge in [-0.15, -0.1) is 0 Å². The Morgan fingerprint density at radius 3 is 2.82 bits per heavy atom. The van der Waals surface area contributed by atoms with Crippen molar-refractivity contribution in [2.24, 2.45) is 11.7 Å². The molecule has 1 aromatic heterocycles. The number of phenols is 1. The molecule has 114 valence electrons. The highest BCUT2D eigenvalue weighted by atomic mass is 16.5. The first kappa shape index (κ1) is 14.3. The van der Waals surface area contributed by atoms with Gasteiger partial charge >= 0.3 is 0 Å². The number of nitrogens with two attached hydrogens (primary N) is 1. The van der Waals surface area contributed by atoms with Gasteiger partial charge in [-0.1, -0.05) is 6.07 Å². The fourth-order valence-electron chi connectivity index (χ4n) is 2.99. The van der Waals surface area contributed by atoms with Crippen molar-refractivity contribution in [3.8, 4) is 16.9 Å². The molecule has 4 N–H and O–H groups in total. The third-order valence-electron chi connectivity index (χ3n) is 4.05. The summed E-state index contributed by atoms with van der Waals surface area (Å²) in [6.45, 7) is 0.410. The summed E-state index contributed by atoms with van der Waals surface area (Å²) in [5, 5.41) is 17.3. The second kappa shape index (κ2) is 6.01. The Bertz CT molecular complexity index is 688. The van der Waals surface area contributed by atoms with E-state index in [9.17, 15) is 5.11 Å². The summed E-state index contributed by atoms with van der Waals surface area (Å²) in [5.41, 5.74) is 9.35. The number of benzene rings is 1. The van der Waals surface area contributed by atoms with Gasteiger partial charge in [-0.05, 0) is 47.9 Å². The molecule has 1 aliphatic rings. The molecule has 1 aromatic carbocycles. The molecule has 0 amide bonds. The molecule has 0 spiro atoms.